The van der Waals surface area contributed by atoms with Crippen molar-refractivity contribution in [3.63, 3.8) is 0 Å². The van der Waals surface area contributed by atoms with Crippen LogP contribution in [-0.4, -0.2) is 45.7 Å². The Morgan fingerprint density at radius 3 is 2.26 bits per heavy atom. The average molecular weight is 485 g/mol. The minimum Gasteiger partial charge on any atom is -0.461 e. The zero-order valence-electron chi connectivity index (χ0n) is 19.1. The van der Waals surface area contributed by atoms with Gasteiger partial charge in [-0.3, -0.25) is 25.7 Å². The maximum absolute atomic E-state index is 11.4. The molecule has 13 nitrogen and oxygen atoms in total. The summed E-state index contributed by atoms with van der Waals surface area (Å²) >= 11 is 0. The molecule has 0 fully saturated rings. The molecule has 3 rings (SSSR count). The van der Waals surface area contributed by atoms with Crippen molar-refractivity contribution in [2.45, 2.75) is 20.8 Å². The number of carbonyl (C=O) groups is 2. The predicted molar refractivity (Wildman–Crippen MR) is 127 cm³/mol. The SMILES string of the molecule is CCOC(=O)/C(C)=N/Nc1cccc([N+](=O)[O-])c1.CCOC(=O)c1cc2ccc([N+](=O)[O-])cc2[nH]1. The lowest BCUT2D eigenvalue weighted by molar-refractivity contribution is -0.384. The predicted octanol–water partition coefficient (Wildman–Crippen LogP) is 4.20. The second-order valence-electron chi connectivity index (χ2n) is 6.77. The van der Waals surface area contributed by atoms with E-state index in [1.807, 2.05) is 0 Å². The highest BCUT2D eigenvalue weighted by Crippen LogP contribution is 2.21. The molecule has 0 aliphatic heterocycles. The molecule has 0 aliphatic carbocycles. The van der Waals surface area contributed by atoms with Gasteiger partial charge in [0.1, 0.15) is 11.4 Å². The van der Waals surface area contributed by atoms with Gasteiger partial charge in [0, 0.05) is 29.7 Å². The third kappa shape index (κ3) is 7.63. The van der Waals surface area contributed by atoms with Crippen molar-refractivity contribution in [1.82, 2.24) is 4.98 Å². The molecule has 2 aromatic carbocycles. The van der Waals surface area contributed by atoms with E-state index in [0.717, 1.165) is 5.39 Å². The number of nitro groups is 2. The fourth-order valence-electron chi connectivity index (χ4n) is 2.67. The van der Waals surface area contributed by atoms with Crippen molar-refractivity contribution < 1.29 is 28.9 Å². The van der Waals surface area contributed by atoms with Crippen LogP contribution < -0.4 is 5.43 Å². The van der Waals surface area contributed by atoms with Crippen molar-refractivity contribution in [2.75, 3.05) is 18.6 Å². The average Bonchev–Trinajstić information content (AvgIpc) is 3.27. The van der Waals surface area contributed by atoms with Gasteiger partial charge in [-0.05, 0) is 39.0 Å². The van der Waals surface area contributed by atoms with Gasteiger partial charge in [-0.2, -0.15) is 5.10 Å². The number of nitrogens with one attached hydrogen (secondary N) is 2. The molecule has 0 unspecified atom stereocenters. The Balaban J connectivity index is 0.000000247. The number of aromatic nitrogens is 1. The standard InChI is InChI=1S/C11H13N3O4.C11H10N2O4/c1-3-18-11(15)8(2)12-13-9-5-4-6-10(7-9)14(16)17;1-2-17-11(14)10-5-7-3-4-8(13(15)16)6-9(7)12-10/h4-7,13H,3H2,1-2H3;3-6,12H,2H2,1H3/b12-8+;. The zero-order valence-corrected chi connectivity index (χ0v) is 19.1. The van der Waals surface area contributed by atoms with Crippen molar-refractivity contribution in [2.24, 2.45) is 5.10 Å². The van der Waals surface area contributed by atoms with Gasteiger partial charge < -0.3 is 14.5 Å². The Bertz CT molecular complexity index is 1270. The van der Waals surface area contributed by atoms with Crippen molar-refractivity contribution in [1.29, 1.82) is 0 Å². The van der Waals surface area contributed by atoms with Gasteiger partial charge in [0.2, 0.25) is 0 Å². The highest BCUT2D eigenvalue weighted by Gasteiger charge is 2.13. The van der Waals surface area contributed by atoms with E-state index in [4.69, 9.17) is 9.47 Å². The van der Waals surface area contributed by atoms with E-state index in [2.05, 4.69) is 15.5 Å². The van der Waals surface area contributed by atoms with Crippen LogP contribution in [0.3, 0.4) is 0 Å². The van der Waals surface area contributed by atoms with Crippen LogP contribution >= 0.6 is 0 Å². The summed E-state index contributed by atoms with van der Waals surface area (Å²) in [5.41, 5.74) is 3.89. The number of aromatic amines is 1. The topological polar surface area (TPSA) is 179 Å². The van der Waals surface area contributed by atoms with E-state index in [9.17, 15) is 29.8 Å². The van der Waals surface area contributed by atoms with Crippen LogP contribution in [0.25, 0.3) is 10.9 Å². The number of fused-ring (bicyclic) bond motifs is 1. The van der Waals surface area contributed by atoms with E-state index in [1.165, 1.54) is 37.3 Å². The van der Waals surface area contributed by atoms with Crippen LogP contribution in [0.1, 0.15) is 31.3 Å². The molecule has 1 aromatic heterocycles. The van der Waals surface area contributed by atoms with E-state index in [1.54, 1.807) is 32.0 Å². The molecule has 1 heterocycles. The van der Waals surface area contributed by atoms with Crippen molar-refractivity contribution >= 4 is 45.6 Å². The van der Waals surface area contributed by atoms with Gasteiger partial charge in [0.05, 0.1) is 34.3 Å². The number of anilines is 1. The quantitative estimate of drug-likeness (QED) is 0.205. The number of nitrogens with zero attached hydrogens (tertiary/aromatic N) is 3. The fourth-order valence-corrected chi connectivity index (χ4v) is 2.67. The molecule has 184 valence electrons. The molecule has 0 saturated heterocycles. The highest BCUT2D eigenvalue weighted by molar-refractivity contribution is 6.35. The maximum atomic E-state index is 11.4. The largest absolute Gasteiger partial charge is 0.461 e. The summed E-state index contributed by atoms with van der Waals surface area (Å²) in [4.78, 5) is 45.6. The first-order valence-electron chi connectivity index (χ1n) is 10.3. The molecule has 0 atom stereocenters. The summed E-state index contributed by atoms with van der Waals surface area (Å²) in [6.07, 6.45) is 0. The van der Waals surface area contributed by atoms with E-state index < -0.39 is 21.8 Å². The molecule has 0 radical (unpaired) electrons. The molecule has 0 aliphatic rings. The Morgan fingerprint density at radius 2 is 1.63 bits per heavy atom. The second kappa shape index (κ2) is 12.4. The van der Waals surface area contributed by atoms with Crippen LogP contribution in [0, 0.1) is 20.2 Å². The Morgan fingerprint density at radius 1 is 0.971 bits per heavy atom. The molecule has 35 heavy (non-hydrogen) atoms. The van der Waals surface area contributed by atoms with Crippen LogP contribution in [0.5, 0.6) is 0 Å². The summed E-state index contributed by atoms with van der Waals surface area (Å²) in [6.45, 7) is 5.45. The number of carbonyl (C=O) groups excluding carboxylic acids is 2. The lowest BCUT2D eigenvalue weighted by Crippen LogP contribution is -2.15. The summed E-state index contributed by atoms with van der Waals surface area (Å²) in [7, 11) is 0. The molecule has 2 N–H and O–H groups in total. The number of hydrogen-bond acceptors (Lipinski definition) is 10. The van der Waals surface area contributed by atoms with Gasteiger partial charge in [-0.25, -0.2) is 9.59 Å². The number of esters is 2. The van der Waals surface area contributed by atoms with Crippen LogP contribution in [0.15, 0.2) is 53.6 Å². The summed E-state index contributed by atoms with van der Waals surface area (Å²) in [5, 5.41) is 25.7. The number of benzene rings is 2. The number of rotatable bonds is 8. The monoisotopic (exact) mass is 485 g/mol. The summed E-state index contributed by atoms with van der Waals surface area (Å²) in [6, 6.07) is 11.8. The smallest absolute Gasteiger partial charge is 0.354 e. The van der Waals surface area contributed by atoms with Crippen molar-refractivity contribution in [3.8, 4) is 0 Å². The molecule has 3 aromatic rings. The normalized spacial score (nSPS) is 10.7. The van der Waals surface area contributed by atoms with Crippen LogP contribution in [0.2, 0.25) is 0 Å². The lowest BCUT2D eigenvalue weighted by atomic mass is 10.2. The first-order valence-corrected chi connectivity index (χ1v) is 10.3. The van der Waals surface area contributed by atoms with Crippen LogP contribution in [-0.2, 0) is 14.3 Å². The molecule has 0 spiro atoms. The molecular formula is C22H23N5O8. The molecule has 0 saturated carbocycles. The first-order chi connectivity index (χ1) is 16.7. The number of nitro benzene ring substituents is 2. The van der Waals surface area contributed by atoms with Gasteiger partial charge >= 0.3 is 11.9 Å². The van der Waals surface area contributed by atoms with Gasteiger partial charge in [0.15, 0.2) is 0 Å². The van der Waals surface area contributed by atoms with Crippen LogP contribution in [0.4, 0.5) is 17.1 Å². The summed E-state index contributed by atoms with van der Waals surface area (Å²) in [5.74, 6) is -0.998. The molecular weight excluding hydrogens is 462 g/mol. The molecule has 0 bridgehead atoms. The third-order valence-corrected chi connectivity index (χ3v) is 4.29. The Labute approximate surface area is 199 Å². The minimum atomic E-state index is -0.532. The first kappa shape index (κ1) is 26.4. The fraction of sp³-hybridized carbons (Fsp3) is 0.227. The van der Waals surface area contributed by atoms with Gasteiger partial charge in [0.25, 0.3) is 11.4 Å². The van der Waals surface area contributed by atoms with E-state index in [0.29, 0.717) is 16.9 Å². The number of hydrogen-bond donors (Lipinski definition) is 2. The van der Waals surface area contributed by atoms with E-state index >= 15 is 0 Å². The Hall–Kier alpha value is -4.81. The highest BCUT2D eigenvalue weighted by atomic mass is 16.6. The third-order valence-electron chi connectivity index (χ3n) is 4.29. The van der Waals surface area contributed by atoms with E-state index in [-0.39, 0.29) is 30.3 Å². The van der Waals surface area contributed by atoms with Crippen molar-refractivity contribution in [3.05, 3.63) is 74.5 Å². The number of ether oxygens (including phenoxy) is 2. The number of hydrazone groups is 1. The zero-order chi connectivity index (χ0) is 26.0. The summed E-state index contributed by atoms with van der Waals surface area (Å²) < 4.78 is 9.57. The van der Waals surface area contributed by atoms with Gasteiger partial charge in [-0.1, -0.05) is 6.07 Å². The molecule has 0 amide bonds. The van der Waals surface area contributed by atoms with Gasteiger partial charge in [-0.15, -0.1) is 0 Å². The lowest BCUT2D eigenvalue weighted by Gasteiger charge is -2.03. The Kier molecular flexibility index (Phi) is 9.39. The number of non-ortho nitro benzene ring substituents is 2. The molecule has 13 heteroatoms. The number of H-pyrrole nitrogens is 1. The maximum Gasteiger partial charge on any atom is 0.354 e. The minimum absolute atomic E-state index is 0.0187. The second-order valence-corrected chi connectivity index (χ2v) is 6.77.